The highest BCUT2D eigenvalue weighted by Crippen LogP contribution is 2.32. The number of halogens is 2. The largest absolute Gasteiger partial charge is 0.444 e. The quantitative estimate of drug-likeness (QED) is 0.679. The van der Waals surface area contributed by atoms with Crippen molar-refractivity contribution in [2.75, 3.05) is 11.4 Å². The Morgan fingerprint density at radius 2 is 2.17 bits per heavy atom. The Hall–Kier alpha value is -2.48. The third-order valence-corrected chi connectivity index (χ3v) is 4.26. The van der Waals surface area contributed by atoms with Gasteiger partial charge >= 0.3 is 0 Å². The van der Waals surface area contributed by atoms with Crippen LogP contribution in [0, 0.1) is 5.82 Å². The first kappa shape index (κ1) is 15.1. The molecule has 1 unspecified atom stereocenters. The molecule has 0 saturated carbocycles. The summed E-state index contributed by atoms with van der Waals surface area (Å²) in [6.45, 7) is 0.378. The van der Waals surface area contributed by atoms with Gasteiger partial charge in [0, 0.05) is 24.6 Å². The highest BCUT2D eigenvalue weighted by Gasteiger charge is 2.35. The molecule has 1 aliphatic rings. The summed E-state index contributed by atoms with van der Waals surface area (Å²) in [5, 5.41) is 3.95. The summed E-state index contributed by atoms with van der Waals surface area (Å²) in [5.74, 6) is 0.451. The van der Waals surface area contributed by atoms with Gasteiger partial charge in [-0.3, -0.25) is 4.79 Å². The first-order valence-electron chi connectivity index (χ1n) is 7.25. The summed E-state index contributed by atoms with van der Waals surface area (Å²) in [6.07, 6.45) is 0.247. The van der Waals surface area contributed by atoms with E-state index in [4.69, 9.17) is 8.94 Å². The van der Waals surface area contributed by atoms with E-state index in [2.05, 4.69) is 26.1 Å². The number of furan rings is 1. The van der Waals surface area contributed by atoms with E-state index in [-0.39, 0.29) is 30.0 Å². The van der Waals surface area contributed by atoms with Gasteiger partial charge in [-0.15, -0.1) is 0 Å². The van der Waals surface area contributed by atoms with Gasteiger partial charge in [0.15, 0.2) is 16.3 Å². The topological polar surface area (TPSA) is 72.4 Å². The highest BCUT2D eigenvalue weighted by molar-refractivity contribution is 9.10. The third-order valence-electron chi connectivity index (χ3n) is 3.84. The van der Waals surface area contributed by atoms with Crippen LogP contribution in [-0.2, 0) is 4.79 Å². The fourth-order valence-corrected chi connectivity index (χ4v) is 3.01. The highest BCUT2D eigenvalue weighted by atomic mass is 79.9. The first-order valence-corrected chi connectivity index (χ1v) is 8.05. The van der Waals surface area contributed by atoms with E-state index >= 15 is 0 Å². The second kappa shape index (κ2) is 5.86. The minimum absolute atomic E-state index is 0.0994. The van der Waals surface area contributed by atoms with E-state index in [1.54, 1.807) is 24.3 Å². The van der Waals surface area contributed by atoms with Crippen LogP contribution in [0.3, 0.4) is 0 Å². The Morgan fingerprint density at radius 1 is 1.29 bits per heavy atom. The van der Waals surface area contributed by atoms with Crippen molar-refractivity contribution in [3.63, 3.8) is 0 Å². The van der Waals surface area contributed by atoms with Crippen LogP contribution in [0.25, 0.3) is 11.7 Å². The monoisotopic (exact) mass is 391 g/mol. The molecular formula is C16H11BrFN3O3. The molecule has 2 aromatic heterocycles. The number of benzene rings is 1. The molecule has 1 amide bonds. The predicted octanol–water partition coefficient (Wildman–Crippen LogP) is 3.75. The molecule has 6 nitrogen and oxygen atoms in total. The lowest BCUT2D eigenvalue weighted by atomic mass is 10.1. The molecule has 0 aliphatic carbocycles. The smallest absolute Gasteiger partial charge is 0.293 e. The molecule has 1 aliphatic heterocycles. The first-order chi connectivity index (χ1) is 11.6. The van der Waals surface area contributed by atoms with E-state index in [0.717, 1.165) is 0 Å². The Morgan fingerprint density at radius 3 is 2.92 bits per heavy atom. The maximum atomic E-state index is 13.4. The third kappa shape index (κ3) is 2.73. The van der Waals surface area contributed by atoms with Crippen molar-refractivity contribution in [2.45, 2.75) is 12.3 Å². The molecule has 122 valence electrons. The number of carbonyl (C=O) groups excluding carboxylic acids is 1. The summed E-state index contributed by atoms with van der Waals surface area (Å²) in [4.78, 5) is 18.1. The van der Waals surface area contributed by atoms with Crippen molar-refractivity contribution >= 4 is 27.5 Å². The van der Waals surface area contributed by atoms with E-state index in [1.165, 1.54) is 17.0 Å². The van der Waals surface area contributed by atoms with Gasteiger partial charge in [-0.05, 0) is 46.3 Å². The number of carbonyl (C=O) groups is 1. The van der Waals surface area contributed by atoms with Crippen molar-refractivity contribution in [2.24, 2.45) is 0 Å². The minimum Gasteiger partial charge on any atom is -0.444 e. The summed E-state index contributed by atoms with van der Waals surface area (Å²) in [7, 11) is 0. The number of amides is 1. The van der Waals surface area contributed by atoms with E-state index < -0.39 is 0 Å². The van der Waals surface area contributed by atoms with Crippen LogP contribution in [-0.4, -0.2) is 22.6 Å². The molecular weight excluding hydrogens is 381 g/mol. The molecule has 3 aromatic rings. The number of aromatic nitrogens is 2. The lowest BCUT2D eigenvalue weighted by Crippen LogP contribution is -2.24. The van der Waals surface area contributed by atoms with Crippen LogP contribution in [0.15, 0.2) is 50.0 Å². The summed E-state index contributed by atoms with van der Waals surface area (Å²) in [5.41, 5.74) is 0.529. The van der Waals surface area contributed by atoms with Gasteiger partial charge in [0.05, 0.1) is 0 Å². The molecule has 1 aromatic carbocycles. The average molecular weight is 392 g/mol. The Balaban J connectivity index is 1.56. The molecule has 1 fully saturated rings. The summed E-state index contributed by atoms with van der Waals surface area (Å²) < 4.78 is 24.5. The predicted molar refractivity (Wildman–Crippen MR) is 85.8 cm³/mol. The van der Waals surface area contributed by atoms with E-state index in [9.17, 15) is 9.18 Å². The Kier molecular flexibility index (Phi) is 3.68. The number of hydrogen-bond donors (Lipinski definition) is 0. The fourth-order valence-electron chi connectivity index (χ4n) is 2.70. The van der Waals surface area contributed by atoms with Crippen molar-refractivity contribution in [1.82, 2.24) is 10.1 Å². The maximum Gasteiger partial charge on any atom is 0.293 e. The minimum atomic E-state index is -0.381. The number of rotatable bonds is 3. The molecule has 8 heteroatoms. The number of hydrogen-bond acceptors (Lipinski definition) is 5. The molecule has 24 heavy (non-hydrogen) atoms. The second-order valence-corrected chi connectivity index (χ2v) is 6.23. The van der Waals surface area contributed by atoms with Gasteiger partial charge in [0.1, 0.15) is 5.82 Å². The molecule has 1 saturated heterocycles. The van der Waals surface area contributed by atoms with Crippen molar-refractivity contribution in [3.05, 3.63) is 52.7 Å². The van der Waals surface area contributed by atoms with Crippen molar-refractivity contribution < 1.29 is 18.1 Å². The van der Waals surface area contributed by atoms with Crippen LogP contribution >= 0.6 is 15.9 Å². The zero-order chi connectivity index (χ0) is 16.7. The number of nitrogens with zero attached hydrogens (tertiary/aromatic N) is 3. The lowest BCUT2D eigenvalue weighted by molar-refractivity contribution is -0.117. The van der Waals surface area contributed by atoms with Crippen molar-refractivity contribution in [3.8, 4) is 11.7 Å². The van der Waals surface area contributed by atoms with Crippen LogP contribution < -0.4 is 4.90 Å². The molecule has 4 rings (SSSR count). The zero-order valence-electron chi connectivity index (χ0n) is 12.3. The summed E-state index contributed by atoms with van der Waals surface area (Å²) >= 11 is 3.21. The second-order valence-electron chi connectivity index (χ2n) is 5.45. The zero-order valence-corrected chi connectivity index (χ0v) is 13.9. The Labute approximate surface area is 144 Å². The van der Waals surface area contributed by atoms with Gasteiger partial charge in [-0.1, -0.05) is 11.2 Å². The van der Waals surface area contributed by atoms with E-state index in [1.807, 2.05) is 0 Å². The van der Waals surface area contributed by atoms with Gasteiger partial charge < -0.3 is 13.8 Å². The maximum absolute atomic E-state index is 13.4. The summed E-state index contributed by atoms with van der Waals surface area (Å²) in [6, 6.07) is 9.39. The molecule has 0 spiro atoms. The SMILES string of the molecule is O=C1CC(c2noc(-c3ccc(Br)o3)n2)CN1c1cccc(F)c1. The average Bonchev–Trinajstić information content (AvgIpc) is 3.26. The normalized spacial score (nSPS) is 17.7. The standard InChI is InChI=1S/C16H11BrFN3O3/c17-13-5-4-12(23-13)16-19-15(20-24-16)9-6-14(22)21(8-9)11-3-1-2-10(18)7-11/h1-5,7,9H,6,8H2. The van der Waals surface area contributed by atoms with Crippen LogP contribution in [0.1, 0.15) is 18.2 Å². The van der Waals surface area contributed by atoms with Gasteiger partial charge in [0.25, 0.3) is 5.89 Å². The van der Waals surface area contributed by atoms with Crippen LogP contribution in [0.5, 0.6) is 0 Å². The molecule has 0 bridgehead atoms. The molecule has 0 N–H and O–H groups in total. The lowest BCUT2D eigenvalue weighted by Gasteiger charge is -2.15. The molecule has 0 radical (unpaired) electrons. The van der Waals surface area contributed by atoms with Gasteiger partial charge in [0.2, 0.25) is 5.91 Å². The van der Waals surface area contributed by atoms with Gasteiger partial charge in [-0.2, -0.15) is 4.98 Å². The van der Waals surface area contributed by atoms with E-state index in [0.29, 0.717) is 28.5 Å². The van der Waals surface area contributed by atoms with Crippen molar-refractivity contribution in [1.29, 1.82) is 0 Å². The fraction of sp³-hybridized carbons (Fsp3) is 0.188. The van der Waals surface area contributed by atoms with Gasteiger partial charge in [-0.25, -0.2) is 4.39 Å². The van der Waals surface area contributed by atoms with Crippen LogP contribution in [0.2, 0.25) is 0 Å². The molecule has 1 atom stereocenters. The molecule has 3 heterocycles. The Bertz CT molecular complexity index is 907. The van der Waals surface area contributed by atoms with Crippen LogP contribution in [0.4, 0.5) is 10.1 Å². The number of anilines is 1.